The van der Waals surface area contributed by atoms with E-state index in [1.807, 2.05) is 12.1 Å². The molecule has 0 radical (unpaired) electrons. The van der Waals surface area contributed by atoms with Crippen LogP contribution in [0.5, 0.6) is 0 Å². The number of anilines is 1. The van der Waals surface area contributed by atoms with Crippen LogP contribution in [0.4, 0.5) is 5.82 Å². The Morgan fingerprint density at radius 3 is 2.81 bits per heavy atom. The first-order valence-electron chi connectivity index (χ1n) is 5.57. The summed E-state index contributed by atoms with van der Waals surface area (Å²) >= 11 is 3.39. The molecule has 1 aromatic rings. The van der Waals surface area contributed by atoms with E-state index in [0.29, 0.717) is 5.82 Å². The molecule has 0 unspecified atom stereocenters. The van der Waals surface area contributed by atoms with Crippen LogP contribution in [0.3, 0.4) is 0 Å². The number of hydrogen-bond acceptors (Lipinski definition) is 2. The van der Waals surface area contributed by atoms with Crippen molar-refractivity contribution in [3.63, 3.8) is 0 Å². The first-order chi connectivity index (χ1) is 7.68. The third-order valence-electron chi connectivity index (χ3n) is 3.09. The molecule has 0 atom stereocenters. The minimum atomic E-state index is 0.197. The fourth-order valence-corrected chi connectivity index (χ4v) is 2.46. The molecular weight excluding hydrogens is 268 g/mol. The quantitative estimate of drug-likeness (QED) is 0.836. The number of carbonyl (C=O) groups is 1. The van der Waals surface area contributed by atoms with Gasteiger partial charge in [-0.3, -0.25) is 9.69 Å². The van der Waals surface area contributed by atoms with Gasteiger partial charge in [0.1, 0.15) is 5.82 Å². The van der Waals surface area contributed by atoms with Crippen molar-refractivity contribution in [2.24, 2.45) is 5.92 Å². The maximum Gasteiger partial charge on any atom is 0.230 e. The summed E-state index contributed by atoms with van der Waals surface area (Å²) in [6.45, 7) is 0. The fourth-order valence-electron chi connectivity index (χ4n) is 2.14. The zero-order valence-electron chi connectivity index (χ0n) is 9.32. The van der Waals surface area contributed by atoms with Crippen LogP contribution in [0.25, 0.3) is 0 Å². The molecule has 0 aliphatic heterocycles. The lowest BCUT2D eigenvalue weighted by Gasteiger charge is -2.20. The summed E-state index contributed by atoms with van der Waals surface area (Å²) in [5, 5.41) is 0. The number of pyridine rings is 1. The van der Waals surface area contributed by atoms with Crippen LogP contribution in [0, 0.1) is 5.92 Å². The van der Waals surface area contributed by atoms with E-state index < -0.39 is 0 Å². The van der Waals surface area contributed by atoms with Crippen molar-refractivity contribution < 1.29 is 4.79 Å². The summed E-state index contributed by atoms with van der Waals surface area (Å²) < 4.78 is 0.948. The predicted molar refractivity (Wildman–Crippen MR) is 67.3 cm³/mol. The van der Waals surface area contributed by atoms with Gasteiger partial charge in [-0.15, -0.1) is 0 Å². The van der Waals surface area contributed by atoms with E-state index in [1.54, 1.807) is 18.1 Å². The first kappa shape index (κ1) is 11.6. The molecule has 0 N–H and O–H groups in total. The second-order valence-corrected chi connectivity index (χ2v) is 5.13. The Balaban J connectivity index is 2.11. The molecule has 1 aliphatic carbocycles. The van der Waals surface area contributed by atoms with Crippen LogP contribution in [-0.4, -0.2) is 17.9 Å². The average Bonchev–Trinajstić information content (AvgIpc) is 2.80. The molecule has 86 valence electrons. The van der Waals surface area contributed by atoms with Gasteiger partial charge in [0.15, 0.2) is 0 Å². The summed E-state index contributed by atoms with van der Waals surface area (Å²) in [7, 11) is 1.80. The number of amides is 1. The standard InChI is InChI=1S/C12H15BrN2O/c1-15(11-8-10(13)6-7-14-11)12(16)9-4-2-3-5-9/h6-9H,2-5H2,1H3. The third kappa shape index (κ3) is 2.43. The Morgan fingerprint density at radius 2 is 2.19 bits per heavy atom. The minimum Gasteiger partial charge on any atom is -0.300 e. The van der Waals surface area contributed by atoms with Crippen LogP contribution in [-0.2, 0) is 4.79 Å². The highest BCUT2D eigenvalue weighted by atomic mass is 79.9. The van der Waals surface area contributed by atoms with E-state index in [-0.39, 0.29) is 11.8 Å². The summed E-state index contributed by atoms with van der Waals surface area (Å²) in [6.07, 6.45) is 6.11. The molecule has 1 aromatic heterocycles. The fraction of sp³-hybridized carbons (Fsp3) is 0.500. The van der Waals surface area contributed by atoms with Crippen molar-refractivity contribution in [2.45, 2.75) is 25.7 Å². The number of nitrogens with zero attached hydrogens (tertiary/aromatic N) is 2. The second-order valence-electron chi connectivity index (χ2n) is 4.21. The summed E-state index contributed by atoms with van der Waals surface area (Å²) in [5.74, 6) is 1.11. The summed E-state index contributed by atoms with van der Waals surface area (Å²) in [4.78, 5) is 18.0. The van der Waals surface area contributed by atoms with E-state index >= 15 is 0 Å². The van der Waals surface area contributed by atoms with Gasteiger partial charge in [0.25, 0.3) is 0 Å². The van der Waals surface area contributed by atoms with Gasteiger partial charge in [-0.1, -0.05) is 28.8 Å². The molecule has 1 amide bonds. The Kier molecular flexibility index (Phi) is 3.59. The zero-order chi connectivity index (χ0) is 11.5. The number of carbonyl (C=O) groups excluding carboxylic acids is 1. The second kappa shape index (κ2) is 4.95. The summed E-state index contributed by atoms with van der Waals surface area (Å²) in [5.41, 5.74) is 0. The lowest BCUT2D eigenvalue weighted by atomic mass is 10.1. The topological polar surface area (TPSA) is 33.2 Å². The van der Waals surface area contributed by atoms with Crippen molar-refractivity contribution in [1.29, 1.82) is 0 Å². The van der Waals surface area contributed by atoms with Crippen LogP contribution in [0.2, 0.25) is 0 Å². The Hall–Kier alpha value is -0.900. The number of rotatable bonds is 2. The first-order valence-corrected chi connectivity index (χ1v) is 6.37. The largest absolute Gasteiger partial charge is 0.300 e. The van der Waals surface area contributed by atoms with E-state index in [1.165, 1.54) is 12.8 Å². The number of aromatic nitrogens is 1. The zero-order valence-corrected chi connectivity index (χ0v) is 10.9. The lowest BCUT2D eigenvalue weighted by molar-refractivity contribution is -0.121. The van der Waals surface area contributed by atoms with Crippen molar-refractivity contribution in [3.05, 3.63) is 22.8 Å². The Bertz CT molecular complexity index is 388. The van der Waals surface area contributed by atoms with Crippen LogP contribution in [0.1, 0.15) is 25.7 Å². The highest BCUT2D eigenvalue weighted by molar-refractivity contribution is 9.10. The van der Waals surface area contributed by atoms with Crippen molar-refractivity contribution in [1.82, 2.24) is 4.98 Å². The Labute approximate surface area is 104 Å². The molecular formula is C12H15BrN2O. The molecule has 0 saturated heterocycles. The maximum atomic E-state index is 12.1. The van der Waals surface area contributed by atoms with Crippen molar-refractivity contribution in [3.8, 4) is 0 Å². The minimum absolute atomic E-state index is 0.197. The molecule has 3 nitrogen and oxygen atoms in total. The lowest BCUT2D eigenvalue weighted by Crippen LogP contribution is -2.32. The molecule has 1 aliphatic rings. The SMILES string of the molecule is CN(C(=O)C1CCCC1)c1cc(Br)ccn1. The molecule has 1 heterocycles. The van der Waals surface area contributed by atoms with E-state index in [0.717, 1.165) is 17.3 Å². The van der Waals surface area contributed by atoms with Gasteiger partial charge in [0, 0.05) is 23.6 Å². The predicted octanol–water partition coefficient (Wildman–Crippen LogP) is 3.00. The van der Waals surface area contributed by atoms with Crippen LogP contribution >= 0.6 is 15.9 Å². The van der Waals surface area contributed by atoms with Crippen molar-refractivity contribution >= 4 is 27.7 Å². The molecule has 0 bridgehead atoms. The van der Waals surface area contributed by atoms with Crippen LogP contribution < -0.4 is 4.90 Å². The molecule has 4 heteroatoms. The van der Waals surface area contributed by atoms with Gasteiger partial charge in [-0.25, -0.2) is 4.98 Å². The molecule has 0 aromatic carbocycles. The number of halogens is 1. The maximum absolute atomic E-state index is 12.1. The van der Waals surface area contributed by atoms with Gasteiger partial charge in [-0.05, 0) is 25.0 Å². The van der Waals surface area contributed by atoms with Gasteiger partial charge in [-0.2, -0.15) is 0 Å². The smallest absolute Gasteiger partial charge is 0.230 e. The van der Waals surface area contributed by atoms with Crippen LogP contribution in [0.15, 0.2) is 22.8 Å². The van der Waals surface area contributed by atoms with Gasteiger partial charge in [0.2, 0.25) is 5.91 Å². The van der Waals surface area contributed by atoms with E-state index in [9.17, 15) is 4.79 Å². The monoisotopic (exact) mass is 282 g/mol. The van der Waals surface area contributed by atoms with E-state index in [4.69, 9.17) is 0 Å². The van der Waals surface area contributed by atoms with E-state index in [2.05, 4.69) is 20.9 Å². The molecule has 2 rings (SSSR count). The molecule has 16 heavy (non-hydrogen) atoms. The van der Waals surface area contributed by atoms with Gasteiger partial charge in [0.05, 0.1) is 0 Å². The Morgan fingerprint density at radius 1 is 1.50 bits per heavy atom. The van der Waals surface area contributed by atoms with Crippen molar-refractivity contribution in [2.75, 3.05) is 11.9 Å². The van der Waals surface area contributed by atoms with Gasteiger partial charge < -0.3 is 0 Å². The average molecular weight is 283 g/mol. The summed E-state index contributed by atoms with van der Waals surface area (Å²) in [6, 6.07) is 3.73. The normalized spacial score (nSPS) is 16.4. The highest BCUT2D eigenvalue weighted by Gasteiger charge is 2.26. The molecule has 1 saturated carbocycles. The number of hydrogen-bond donors (Lipinski definition) is 0. The molecule has 1 fully saturated rings. The molecule has 0 spiro atoms. The van der Waals surface area contributed by atoms with Gasteiger partial charge >= 0.3 is 0 Å². The third-order valence-corrected chi connectivity index (χ3v) is 3.58. The highest BCUT2D eigenvalue weighted by Crippen LogP contribution is 2.27.